The lowest BCUT2D eigenvalue weighted by molar-refractivity contribution is -0.137. The molecule has 0 bridgehead atoms. The number of carbonyl (C=O) groups excluding carboxylic acids is 2. The Balaban J connectivity index is 0.940. The molecule has 0 radical (unpaired) electrons. The van der Waals surface area contributed by atoms with Crippen LogP contribution in [0.3, 0.4) is 0 Å². The summed E-state index contributed by atoms with van der Waals surface area (Å²) in [6, 6.07) is 0.199. The van der Waals surface area contributed by atoms with Gasteiger partial charge < -0.3 is 20.1 Å². The minimum Gasteiger partial charge on any atom is -0.379 e. The largest absolute Gasteiger partial charge is 0.379 e. The van der Waals surface area contributed by atoms with Crippen LogP contribution in [0, 0.1) is 52.3 Å². The van der Waals surface area contributed by atoms with E-state index in [2.05, 4.69) is 48.5 Å². The van der Waals surface area contributed by atoms with Crippen LogP contribution in [0.2, 0.25) is 0 Å². The smallest absolute Gasteiger partial charge is 0.230 e. The SMILES string of the molecule is C[C@@H]1CC[C@@]2(NC1)O[C@H]1C[C@H]3[C@@H]4CC[C@@H]5CC(NC(=O)CC(=O)NCN6CCOCC6)CC[C@]5(C)[C@H]4CC[C@]3(C)[C@H]1[C@@H]2C. The van der Waals surface area contributed by atoms with E-state index in [1.807, 2.05) is 0 Å². The molecule has 0 aromatic rings. The van der Waals surface area contributed by atoms with Gasteiger partial charge in [-0.25, -0.2) is 0 Å². The van der Waals surface area contributed by atoms with Gasteiger partial charge in [-0.3, -0.25) is 19.8 Å². The van der Waals surface area contributed by atoms with Gasteiger partial charge in [0.25, 0.3) is 0 Å². The van der Waals surface area contributed by atoms with Gasteiger partial charge in [-0.15, -0.1) is 0 Å². The first kappa shape index (κ1) is 30.4. The van der Waals surface area contributed by atoms with Crippen LogP contribution in [0.4, 0.5) is 0 Å². The Labute approximate surface area is 259 Å². The van der Waals surface area contributed by atoms with Crippen LogP contribution in [-0.4, -0.2) is 74.1 Å². The minimum absolute atomic E-state index is 0.0770. The molecule has 43 heavy (non-hydrogen) atoms. The summed E-state index contributed by atoms with van der Waals surface area (Å²) in [7, 11) is 0. The molecular weight excluding hydrogens is 540 g/mol. The van der Waals surface area contributed by atoms with E-state index in [1.54, 1.807) is 0 Å². The second-order valence-corrected chi connectivity index (χ2v) is 16.5. The third-order valence-electron chi connectivity index (χ3n) is 14.4. The van der Waals surface area contributed by atoms with Gasteiger partial charge in [0.05, 0.1) is 26.0 Å². The highest BCUT2D eigenvalue weighted by molar-refractivity contribution is 5.96. The fraction of sp³-hybridized carbons (Fsp3) is 0.943. The summed E-state index contributed by atoms with van der Waals surface area (Å²) in [5, 5.41) is 10.1. The summed E-state index contributed by atoms with van der Waals surface area (Å²) in [5.41, 5.74) is 0.687. The zero-order chi connectivity index (χ0) is 30.0. The fourth-order valence-electron chi connectivity index (χ4n) is 12.0. The molecular formula is C35H58N4O4. The Morgan fingerprint density at radius 1 is 0.907 bits per heavy atom. The number of hydrogen-bond acceptors (Lipinski definition) is 6. The molecule has 0 aromatic carbocycles. The Kier molecular flexibility index (Phi) is 8.17. The molecule has 1 unspecified atom stereocenters. The van der Waals surface area contributed by atoms with Crippen molar-refractivity contribution in [3.05, 3.63) is 0 Å². The molecule has 4 aliphatic carbocycles. The minimum atomic E-state index is -0.185. The molecule has 3 N–H and O–H groups in total. The molecule has 8 heteroatoms. The highest BCUT2D eigenvalue weighted by atomic mass is 16.5. The van der Waals surface area contributed by atoms with Crippen molar-refractivity contribution in [3.63, 3.8) is 0 Å². The molecule has 0 aromatic heterocycles. The normalized spacial score (nSPS) is 49.4. The van der Waals surface area contributed by atoms with E-state index in [9.17, 15) is 9.59 Å². The molecule has 2 amide bonds. The number of amides is 2. The molecule has 7 aliphatic rings. The quantitative estimate of drug-likeness (QED) is 0.409. The fourth-order valence-corrected chi connectivity index (χ4v) is 12.0. The summed E-state index contributed by atoms with van der Waals surface area (Å²) in [4.78, 5) is 27.4. The van der Waals surface area contributed by atoms with Crippen LogP contribution in [-0.2, 0) is 19.1 Å². The maximum Gasteiger partial charge on any atom is 0.230 e. The van der Waals surface area contributed by atoms with Gasteiger partial charge >= 0.3 is 0 Å². The van der Waals surface area contributed by atoms with E-state index < -0.39 is 0 Å². The van der Waals surface area contributed by atoms with Crippen molar-refractivity contribution < 1.29 is 19.1 Å². The van der Waals surface area contributed by atoms with E-state index in [-0.39, 0.29) is 30.0 Å². The van der Waals surface area contributed by atoms with E-state index in [1.165, 1.54) is 51.4 Å². The summed E-state index contributed by atoms with van der Waals surface area (Å²) in [6.07, 6.45) is 12.7. The molecule has 8 nitrogen and oxygen atoms in total. The van der Waals surface area contributed by atoms with Gasteiger partial charge in [0.2, 0.25) is 11.8 Å². The van der Waals surface area contributed by atoms with E-state index in [0.29, 0.717) is 54.6 Å². The Morgan fingerprint density at radius 2 is 1.70 bits per heavy atom. The first-order valence-corrected chi connectivity index (χ1v) is 17.9. The predicted molar refractivity (Wildman–Crippen MR) is 166 cm³/mol. The van der Waals surface area contributed by atoms with Crippen LogP contribution >= 0.6 is 0 Å². The predicted octanol–water partition coefficient (Wildman–Crippen LogP) is 4.29. The van der Waals surface area contributed by atoms with Gasteiger partial charge in [-0.2, -0.15) is 0 Å². The molecule has 4 saturated carbocycles. The molecule has 1 spiro atoms. The Morgan fingerprint density at radius 3 is 2.47 bits per heavy atom. The van der Waals surface area contributed by atoms with Crippen molar-refractivity contribution in [2.45, 2.75) is 116 Å². The van der Waals surface area contributed by atoms with E-state index in [0.717, 1.165) is 56.1 Å². The third kappa shape index (κ3) is 5.28. The van der Waals surface area contributed by atoms with Gasteiger partial charge in [0.15, 0.2) is 0 Å². The monoisotopic (exact) mass is 598 g/mol. The molecule has 7 rings (SSSR count). The van der Waals surface area contributed by atoms with Crippen LogP contribution in [0.15, 0.2) is 0 Å². The lowest BCUT2D eigenvalue weighted by atomic mass is 9.44. The first-order valence-electron chi connectivity index (χ1n) is 17.9. The van der Waals surface area contributed by atoms with Crippen molar-refractivity contribution in [3.8, 4) is 0 Å². The maximum atomic E-state index is 12.8. The summed E-state index contributed by atoms with van der Waals surface area (Å²) in [6.45, 7) is 14.8. The van der Waals surface area contributed by atoms with Crippen LogP contribution < -0.4 is 16.0 Å². The molecule has 12 atom stereocenters. The Hall–Kier alpha value is -1.22. The second kappa shape index (κ2) is 11.5. The van der Waals surface area contributed by atoms with Gasteiger partial charge in [-0.05, 0) is 111 Å². The number of ether oxygens (including phenoxy) is 2. The summed E-state index contributed by atoms with van der Waals surface area (Å²) >= 11 is 0. The number of fused-ring (bicyclic) bond motifs is 7. The summed E-state index contributed by atoms with van der Waals surface area (Å²) < 4.78 is 12.4. The van der Waals surface area contributed by atoms with Crippen molar-refractivity contribution in [1.29, 1.82) is 0 Å². The molecule has 3 aliphatic heterocycles. The van der Waals surface area contributed by atoms with E-state index in [4.69, 9.17) is 9.47 Å². The number of carbonyl (C=O) groups is 2. The van der Waals surface area contributed by atoms with Crippen LogP contribution in [0.5, 0.6) is 0 Å². The highest BCUT2D eigenvalue weighted by Crippen LogP contribution is 2.71. The second-order valence-electron chi connectivity index (χ2n) is 16.5. The van der Waals surface area contributed by atoms with Gasteiger partial charge in [-0.1, -0.05) is 27.7 Å². The van der Waals surface area contributed by atoms with Crippen molar-refractivity contribution in [1.82, 2.24) is 20.9 Å². The zero-order valence-electron chi connectivity index (χ0n) is 27.3. The van der Waals surface area contributed by atoms with Gasteiger partial charge in [0.1, 0.15) is 12.1 Å². The first-order chi connectivity index (χ1) is 20.6. The number of morpholine rings is 1. The maximum absolute atomic E-state index is 12.8. The lowest BCUT2D eigenvalue weighted by Crippen LogP contribution is -2.58. The number of nitrogens with one attached hydrogen (secondary N) is 3. The number of hydrogen-bond donors (Lipinski definition) is 3. The zero-order valence-corrected chi connectivity index (χ0v) is 27.3. The molecule has 242 valence electrons. The van der Waals surface area contributed by atoms with E-state index >= 15 is 0 Å². The van der Waals surface area contributed by atoms with Crippen LogP contribution in [0.1, 0.15) is 98.3 Å². The highest BCUT2D eigenvalue weighted by Gasteiger charge is 2.68. The molecule has 3 saturated heterocycles. The number of nitrogens with zero attached hydrogens (tertiary/aromatic N) is 1. The van der Waals surface area contributed by atoms with Crippen molar-refractivity contribution >= 4 is 11.8 Å². The average Bonchev–Trinajstić information content (AvgIpc) is 3.44. The Bertz CT molecular complexity index is 1060. The standard InChI is InChI=1S/C35H58N4O4/c1-22-7-12-35(37-20-22)23(2)32-29(43-35)18-28-26-6-5-24-17-25(8-10-33(24,3)27(26)9-11-34(28,32)4)38-31(41)19-30(40)36-21-39-13-15-42-16-14-39/h22-29,32,37H,5-21H2,1-4H3,(H,36,40)(H,38,41)/t22-,23+,24-,25?,26-,27+,28+,29+,32+,33+,34+,35-/m1/s1. The molecule has 7 fully saturated rings. The van der Waals surface area contributed by atoms with Gasteiger partial charge in [0, 0.05) is 31.6 Å². The van der Waals surface area contributed by atoms with Crippen molar-refractivity contribution in [2.24, 2.45) is 52.3 Å². The molecule has 3 heterocycles. The summed E-state index contributed by atoms with van der Waals surface area (Å²) in [5.74, 6) is 4.78. The van der Waals surface area contributed by atoms with Crippen LogP contribution in [0.25, 0.3) is 0 Å². The lowest BCUT2D eigenvalue weighted by Gasteiger charge is -2.61. The van der Waals surface area contributed by atoms with Crippen molar-refractivity contribution in [2.75, 3.05) is 39.5 Å². The third-order valence-corrected chi connectivity index (χ3v) is 14.4. The average molecular weight is 599 g/mol. The number of rotatable bonds is 5. The number of piperidine rings is 1. The topological polar surface area (TPSA) is 91.9 Å².